The molecule has 0 aromatic carbocycles. The van der Waals surface area contributed by atoms with Gasteiger partial charge in [0.05, 0.1) is 11.9 Å². The molecule has 1 fully saturated rings. The second kappa shape index (κ2) is 7.29. The number of furan rings is 1. The summed E-state index contributed by atoms with van der Waals surface area (Å²) >= 11 is 0. The van der Waals surface area contributed by atoms with E-state index in [0.29, 0.717) is 17.3 Å². The van der Waals surface area contributed by atoms with Gasteiger partial charge in [0, 0.05) is 26.2 Å². The molecule has 2 aromatic rings. The summed E-state index contributed by atoms with van der Waals surface area (Å²) in [6.07, 6.45) is 1.79. The number of nitrogens with zero attached hydrogens (tertiary/aromatic N) is 2. The summed E-state index contributed by atoms with van der Waals surface area (Å²) in [7, 11) is 0. The van der Waals surface area contributed by atoms with E-state index in [1.807, 2.05) is 12.1 Å². The molecule has 22 heavy (non-hydrogen) atoms. The van der Waals surface area contributed by atoms with E-state index in [2.05, 4.69) is 20.5 Å². The van der Waals surface area contributed by atoms with E-state index in [0.717, 1.165) is 31.9 Å². The number of rotatable bonds is 3. The molecule has 6 nitrogen and oxygen atoms in total. The van der Waals surface area contributed by atoms with E-state index in [4.69, 9.17) is 4.42 Å². The number of piperazine rings is 1. The molecule has 7 heteroatoms. The van der Waals surface area contributed by atoms with Crippen molar-refractivity contribution in [3.8, 4) is 0 Å². The second-order valence-corrected chi connectivity index (χ2v) is 5.00. The molecule has 0 unspecified atom stereocenters. The molecule has 0 aliphatic carbocycles. The Morgan fingerprint density at radius 3 is 2.64 bits per heavy atom. The maximum atomic E-state index is 12.0. The number of aryl methyl sites for hydroxylation is 1. The van der Waals surface area contributed by atoms with Crippen LogP contribution in [0.2, 0.25) is 0 Å². The Balaban J connectivity index is 0.00000176. The first kappa shape index (κ1) is 16.3. The molecule has 0 bridgehead atoms. The van der Waals surface area contributed by atoms with Gasteiger partial charge in [-0.15, -0.1) is 12.4 Å². The summed E-state index contributed by atoms with van der Waals surface area (Å²) in [5.74, 6) is 1.24. The van der Waals surface area contributed by atoms with Crippen LogP contribution in [0.5, 0.6) is 0 Å². The Morgan fingerprint density at radius 2 is 2.05 bits per heavy atom. The molecule has 1 saturated heterocycles. The summed E-state index contributed by atoms with van der Waals surface area (Å²) in [6, 6.07) is 7.20. The van der Waals surface area contributed by atoms with E-state index >= 15 is 0 Å². The predicted molar refractivity (Wildman–Crippen MR) is 88.0 cm³/mol. The van der Waals surface area contributed by atoms with Gasteiger partial charge in [-0.25, -0.2) is 4.98 Å². The normalized spacial score (nSPS) is 14.3. The number of anilines is 2. The number of pyridine rings is 1. The van der Waals surface area contributed by atoms with Gasteiger partial charge in [-0.1, -0.05) is 0 Å². The van der Waals surface area contributed by atoms with Crippen molar-refractivity contribution in [1.82, 2.24) is 10.3 Å². The highest BCUT2D eigenvalue weighted by atomic mass is 35.5. The smallest absolute Gasteiger partial charge is 0.292 e. The van der Waals surface area contributed by atoms with Gasteiger partial charge >= 0.3 is 0 Å². The van der Waals surface area contributed by atoms with E-state index in [1.165, 1.54) is 0 Å². The standard InChI is InChI=1S/C15H18N4O2.ClH/c1-11-2-4-13(21-11)15(20)18-14-5-3-12(10-17-14)19-8-6-16-7-9-19;/h2-5,10,16H,6-9H2,1H3,(H,17,18,20);1H. The molecular weight excluding hydrogens is 304 g/mol. The molecule has 3 rings (SSSR count). The fourth-order valence-corrected chi connectivity index (χ4v) is 2.30. The van der Waals surface area contributed by atoms with Crippen LogP contribution in [0.15, 0.2) is 34.9 Å². The number of nitrogens with one attached hydrogen (secondary N) is 2. The average molecular weight is 323 g/mol. The number of carbonyl (C=O) groups excluding carboxylic acids is 1. The lowest BCUT2D eigenvalue weighted by Crippen LogP contribution is -2.43. The van der Waals surface area contributed by atoms with E-state index < -0.39 is 0 Å². The summed E-state index contributed by atoms with van der Waals surface area (Å²) in [5.41, 5.74) is 1.07. The Labute approximate surface area is 135 Å². The minimum Gasteiger partial charge on any atom is -0.456 e. The van der Waals surface area contributed by atoms with Crippen LogP contribution in [-0.2, 0) is 0 Å². The van der Waals surface area contributed by atoms with Crippen LogP contribution in [0.1, 0.15) is 16.3 Å². The summed E-state index contributed by atoms with van der Waals surface area (Å²) < 4.78 is 5.28. The van der Waals surface area contributed by atoms with Crippen LogP contribution in [0, 0.1) is 6.92 Å². The Hall–Kier alpha value is -2.05. The predicted octanol–water partition coefficient (Wildman–Crippen LogP) is 2.07. The minimum absolute atomic E-state index is 0. The Bertz CT molecular complexity index is 621. The average Bonchev–Trinajstić information content (AvgIpc) is 2.96. The summed E-state index contributed by atoms with van der Waals surface area (Å²) in [4.78, 5) is 18.5. The van der Waals surface area contributed by atoms with E-state index in [1.54, 1.807) is 25.3 Å². The Kier molecular flexibility index (Phi) is 5.41. The van der Waals surface area contributed by atoms with Gasteiger partial charge in [-0.3, -0.25) is 4.79 Å². The Morgan fingerprint density at radius 1 is 1.27 bits per heavy atom. The van der Waals surface area contributed by atoms with Gasteiger partial charge in [0.25, 0.3) is 5.91 Å². The monoisotopic (exact) mass is 322 g/mol. The van der Waals surface area contributed by atoms with Gasteiger partial charge in [0.15, 0.2) is 5.76 Å². The number of amides is 1. The maximum absolute atomic E-state index is 12.0. The van der Waals surface area contributed by atoms with Crippen LogP contribution in [0.3, 0.4) is 0 Å². The van der Waals surface area contributed by atoms with E-state index in [-0.39, 0.29) is 18.3 Å². The van der Waals surface area contributed by atoms with Crippen molar-refractivity contribution in [3.05, 3.63) is 42.0 Å². The fourth-order valence-electron chi connectivity index (χ4n) is 2.30. The number of aromatic nitrogens is 1. The van der Waals surface area contributed by atoms with Gasteiger partial charge in [0.1, 0.15) is 11.6 Å². The van der Waals surface area contributed by atoms with Gasteiger partial charge in [0.2, 0.25) is 0 Å². The van der Waals surface area contributed by atoms with Crippen molar-refractivity contribution in [2.75, 3.05) is 36.4 Å². The van der Waals surface area contributed by atoms with Crippen LogP contribution in [-0.4, -0.2) is 37.1 Å². The zero-order valence-corrected chi connectivity index (χ0v) is 13.2. The minimum atomic E-state index is -0.287. The zero-order valence-electron chi connectivity index (χ0n) is 12.3. The first-order valence-corrected chi connectivity index (χ1v) is 7.02. The lowest BCUT2D eigenvalue weighted by atomic mass is 10.3. The molecule has 2 N–H and O–H groups in total. The van der Waals surface area contributed by atoms with Gasteiger partial charge in [-0.2, -0.15) is 0 Å². The lowest BCUT2D eigenvalue weighted by molar-refractivity contribution is 0.0995. The third-order valence-corrected chi connectivity index (χ3v) is 3.44. The molecule has 1 aliphatic rings. The van der Waals surface area contributed by atoms with Gasteiger partial charge < -0.3 is 20.0 Å². The van der Waals surface area contributed by atoms with Crippen molar-refractivity contribution >= 4 is 29.8 Å². The van der Waals surface area contributed by atoms with Crippen LogP contribution >= 0.6 is 12.4 Å². The molecule has 1 aliphatic heterocycles. The SMILES string of the molecule is Cc1ccc(C(=O)Nc2ccc(N3CCNCC3)cn2)o1.Cl. The molecule has 0 saturated carbocycles. The molecule has 0 radical (unpaired) electrons. The third-order valence-electron chi connectivity index (χ3n) is 3.44. The van der Waals surface area contributed by atoms with Crippen LogP contribution in [0.25, 0.3) is 0 Å². The lowest BCUT2D eigenvalue weighted by Gasteiger charge is -2.29. The van der Waals surface area contributed by atoms with Crippen molar-refractivity contribution in [2.24, 2.45) is 0 Å². The van der Waals surface area contributed by atoms with Crippen molar-refractivity contribution in [2.45, 2.75) is 6.92 Å². The van der Waals surface area contributed by atoms with Crippen molar-refractivity contribution in [1.29, 1.82) is 0 Å². The largest absolute Gasteiger partial charge is 0.456 e. The van der Waals surface area contributed by atoms with Crippen molar-refractivity contribution in [3.63, 3.8) is 0 Å². The summed E-state index contributed by atoms with van der Waals surface area (Å²) in [5, 5.41) is 6.04. The number of hydrogen-bond donors (Lipinski definition) is 2. The van der Waals surface area contributed by atoms with Crippen molar-refractivity contribution < 1.29 is 9.21 Å². The first-order valence-electron chi connectivity index (χ1n) is 7.02. The highest BCUT2D eigenvalue weighted by Gasteiger charge is 2.13. The fraction of sp³-hybridized carbons (Fsp3) is 0.333. The van der Waals surface area contributed by atoms with Crippen LogP contribution < -0.4 is 15.5 Å². The zero-order chi connectivity index (χ0) is 14.7. The molecular formula is C15H19ClN4O2. The molecule has 2 aromatic heterocycles. The van der Waals surface area contributed by atoms with Crippen LogP contribution in [0.4, 0.5) is 11.5 Å². The third kappa shape index (κ3) is 3.78. The highest BCUT2D eigenvalue weighted by molar-refractivity contribution is 6.01. The van der Waals surface area contributed by atoms with E-state index in [9.17, 15) is 4.79 Å². The molecule has 1 amide bonds. The number of halogens is 1. The number of hydrogen-bond acceptors (Lipinski definition) is 5. The second-order valence-electron chi connectivity index (χ2n) is 5.00. The molecule has 0 atom stereocenters. The molecule has 118 valence electrons. The highest BCUT2D eigenvalue weighted by Crippen LogP contribution is 2.16. The quantitative estimate of drug-likeness (QED) is 0.905. The topological polar surface area (TPSA) is 70.4 Å². The molecule has 3 heterocycles. The number of carbonyl (C=O) groups is 1. The maximum Gasteiger partial charge on any atom is 0.292 e. The van der Waals surface area contributed by atoms with Gasteiger partial charge in [-0.05, 0) is 31.2 Å². The molecule has 0 spiro atoms. The summed E-state index contributed by atoms with van der Waals surface area (Å²) in [6.45, 7) is 5.71. The first-order chi connectivity index (χ1) is 10.2.